The first-order chi connectivity index (χ1) is 12.5. The summed E-state index contributed by atoms with van der Waals surface area (Å²) < 4.78 is 5.71. The van der Waals surface area contributed by atoms with E-state index in [1.54, 1.807) is 0 Å². The molecule has 0 radical (unpaired) electrons. The van der Waals surface area contributed by atoms with E-state index in [0.29, 0.717) is 32.1 Å². The Morgan fingerprint density at radius 2 is 2.00 bits per heavy atom. The van der Waals surface area contributed by atoms with Crippen LogP contribution in [0.4, 0.5) is 0 Å². The molecule has 0 heterocycles. The summed E-state index contributed by atoms with van der Waals surface area (Å²) in [7, 11) is 0. The van der Waals surface area contributed by atoms with Gasteiger partial charge in [0, 0.05) is 31.1 Å². The summed E-state index contributed by atoms with van der Waals surface area (Å²) >= 11 is 0. The van der Waals surface area contributed by atoms with Crippen molar-refractivity contribution >= 4 is 11.9 Å². The molecule has 1 atom stereocenters. The second-order valence-electron chi connectivity index (χ2n) is 6.29. The van der Waals surface area contributed by atoms with Gasteiger partial charge in [0.25, 0.3) is 0 Å². The highest BCUT2D eigenvalue weighted by atomic mass is 16.5. The van der Waals surface area contributed by atoms with Crippen LogP contribution in [0.3, 0.4) is 0 Å². The van der Waals surface area contributed by atoms with Crippen molar-refractivity contribution in [3.05, 3.63) is 29.3 Å². The number of amides is 1. The molecule has 0 aliphatic heterocycles. The highest BCUT2D eigenvalue weighted by molar-refractivity contribution is 5.81. The van der Waals surface area contributed by atoms with Gasteiger partial charge in [-0.05, 0) is 45.7 Å². The lowest BCUT2D eigenvalue weighted by Crippen LogP contribution is -2.40. The molecular weight excluding hydrogens is 328 g/mol. The zero-order chi connectivity index (χ0) is 19.4. The maximum absolute atomic E-state index is 11.9. The van der Waals surface area contributed by atoms with E-state index < -0.39 is 0 Å². The van der Waals surface area contributed by atoms with E-state index >= 15 is 0 Å². The minimum absolute atomic E-state index is 0.0554. The molecule has 0 fully saturated rings. The number of carbonyl (C=O) groups is 1. The number of guanidine groups is 1. The molecule has 6 heteroatoms. The first-order valence-corrected chi connectivity index (χ1v) is 9.53. The summed E-state index contributed by atoms with van der Waals surface area (Å²) in [5.41, 5.74) is 2.21. The zero-order valence-corrected chi connectivity index (χ0v) is 16.8. The summed E-state index contributed by atoms with van der Waals surface area (Å²) in [6.45, 7) is 12.6. The van der Waals surface area contributed by atoms with Gasteiger partial charge in [-0.15, -0.1) is 0 Å². The number of hydrogen-bond acceptors (Lipinski definition) is 3. The van der Waals surface area contributed by atoms with Crippen LogP contribution in [-0.4, -0.2) is 37.6 Å². The van der Waals surface area contributed by atoms with E-state index in [9.17, 15) is 4.79 Å². The van der Waals surface area contributed by atoms with Crippen molar-refractivity contribution in [3.63, 3.8) is 0 Å². The summed E-state index contributed by atoms with van der Waals surface area (Å²) in [5.74, 6) is 1.63. The molecule has 3 N–H and O–H groups in total. The Hall–Kier alpha value is -2.24. The van der Waals surface area contributed by atoms with Crippen molar-refractivity contribution in [1.82, 2.24) is 16.0 Å². The maximum Gasteiger partial charge on any atom is 0.221 e. The lowest BCUT2D eigenvalue weighted by molar-refractivity contribution is -0.121. The van der Waals surface area contributed by atoms with Crippen molar-refractivity contribution < 1.29 is 9.53 Å². The molecule has 0 aliphatic carbocycles. The fourth-order valence-corrected chi connectivity index (χ4v) is 2.33. The fourth-order valence-electron chi connectivity index (χ4n) is 2.33. The molecule has 26 heavy (non-hydrogen) atoms. The second-order valence-corrected chi connectivity index (χ2v) is 6.29. The Kier molecular flexibility index (Phi) is 10.2. The molecule has 1 aromatic rings. The van der Waals surface area contributed by atoms with Crippen molar-refractivity contribution in [2.45, 2.75) is 60.0 Å². The molecule has 0 aliphatic rings. The van der Waals surface area contributed by atoms with Crippen LogP contribution in [0.15, 0.2) is 23.2 Å². The highest BCUT2D eigenvalue weighted by Crippen LogP contribution is 2.21. The highest BCUT2D eigenvalue weighted by Gasteiger charge is 2.07. The molecule has 1 rings (SSSR count). The number of aliphatic imine (C=N–C) groups is 1. The first-order valence-electron chi connectivity index (χ1n) is 9.53. The number of nitrogens with zero attached hydrogens (tertiary/aromatic N) is 1. The monoisotopic (exact) mass is 362 g/mol. The minimum atomic E-state index is 0.0554. The molecule has 0 saturated carbocycles. The third-order valence-corrected chi connectivity index (χ3v) is 3.94. The average molecular weight is 363 g/mol. The van der Waals surface area contributed by atoms with Crippen LogP contribution in [0.25, 0.3) is 0 Å². The topological polar surface area (TPSA) is 74.8 Å². The van der Waals surface area contributed by atoms with Crippen molar-refractivity contribution in [1.29, 1.82) is 0 Å². The Morgan fingerprint density at radius 1 is 1.23 bits per heavy atom. The molecule has 0 aromatic heterocycles. The van der Waals surface area contributed by atoms with Crippen LogP contribution in [0.2, 0.25) is 0 Å². The van der Waals surface area contributed by atoms with Crippen molar-refractivity contribution in [2.24, 2.45) is 4.99 Å². The number of rotatable bonds is 10. The van der Waals surface area contributed by atoms with Crippen LogP contribution in [0.1, 0.15) is 51.7 Å². The fraction of sp³-hybridized carbons (Fsp3) is 0.600. The molecule has 6 nitrogen and oxygen atoms in total. The van der Waals surface area contributed by atoms with E-state index in [2.05, 4.69) is 33.9 Å². The van der Waals surface area contributed by atoms with E-state index in [1.165, 1.54) is 5.56 Å². The predicted molar refractivity (Wildman–Crippen MR) is 108 cm³/mol. The summed E-state index contributed by atoms with van der Waals surface area (Å²) in [6.07, 6.45) is 1.35. The molecule has 0 saturated heterocycles. The lowest BCUT2D eigenvalue weighted by atomic mass is 10.1. The quantitative estimate of drug-likeness (QED) is 0.442. The average Bonchev–Trinajstić information content (AvgIpc) is 2.61. The van der Waals surface area contributed by atoms with Crippen molar-refractivity contribution in [3.8, 4) is 5.75 Å². The van der Waals surface area contributed by atoms with Gasteiger partial charge in [-0.25, -0.2) is 4.99 Å². The van der Waals surface area contributed by atoms with Gasteiger partial charge >= 0.3 is 0 Å². The lowest BCUT2D eigenvalue weighted by Gasteiger charge is -2.14. The smallest absolute Gasteiger partial charge is 0.221 e. The normalized spacial score (nSPS) is 12.4. The number of aryl methyl sites for hydroxylation is 1. The molecule has 1 amide bonds. The second kappa shape index (κ2) is 12.2. The predicted octanol–water partition coefficient (Wildman–Crippen LogP) is 2.75. The molecule has 0 bridgehead atoms. The van der Waals surface area contributed by atoms with E-state index in [4.69, 9.17) is 4.74 Å². The van der Waals surface area contributed by atoms with Crippen LogP contribution in [0, 0.1) is 6.92 Å². The van der Waals surface area contributed by atoms with Gasteiger partial charge in [-0.2, -0.15) is 0 Å². The summed E-state index contributed by atoms with van der Waals surface area (Å²) in [6, 6.07) is 6.36. The first kappa shape index (κ1) is 21.8. The zero-order valence-electron chi connectivity index (χ0n) is 16.8. The third-order valence-electron chi connectivity index (χ3n) is 3.94. The van der Waals surface area contributed by atoms with E-state index in [1.807, 2.05) is 39.8 Å². The minimum Gasteiger partial charge on any atom is -0.494 e. The molecule has 146 valence electrons. The molecular formula is C20H34N4O2. The number of hydrogen-bond donors (Lipinski definition) is 3. The molecule has 0 spiro atoms. The molecule has 1 unspecified atom stereocenters. The van der Waals surface area contributed by atoms with Crippen LogP contribution in [0.5, 0.6) is 5.75 Å². The SMILES string of the molecule is CCNC(=NCc1ccc(C)cc1OCC)NCCC(=O)NC(C)CC. The number of nitrogens with one attached hydrogen (secondary N) is 3. The van der Waals surface area contributed by atoms with Gasteiger partial charge in [0.2, 0.25) is 5.91 Å². The Labute approximate surface area is 157 Å². The van der Waals surface area contributed by atoms with Gasteiger partial charge in [-0.1, -0.05) is 19.1 Å². The van der Waals surface area contributed by atoms with E-state index in [-0.39, 0.29) is 11.9 Å². The third kappa shape index (κ3) is 8.23. The number of ether oxygens (including phenoxy) is 1. The summed E-state index contributed by atoms with van der Waals surface area (Å²) in [5, 5.41) is 9.39. The Bertz CT molecular complexity index is 587. The van der Waals surface area contributed by atoms with Gasteiger partial charge in [0.15, 0.2) is 5.96 Å². The number of carbonyl (C=O) groups excluding carboxylic acids is 1. The largest absolute Gasteiger partial charge is 0.494 e. The number of benzene rings is 1. The van der Waals surface area contributed by atoms with Gasteiger partial charge in [0.05, 0.1) is 13.2 Å². The van der Waals surface area contributed by atoms with E-state index in [0.717, 1.165) is 24.3 Å². The van der Waals surface area contributed by atoms with Gasteiger partial charge in [-0.3, -0.25) is 4.79 Å². The van der Waals surface area contributed by atoms with Crippen LogP contribution < -0.4 is 20.7 Å². The maximum atomic E-state index is 11.9. The Morgan fingerprint density at radius 3 is 2.65 bits per heavy atom. The standard InChI is InChI=1S/C20H34N4O2/c1-6-16(5)24-19(25)11-12-22-20(21-7-2)23-14-17-10-9-15(4)13-18(17)26-8-3/h9-10,13,16H,6-8,11-12,14H2,1-5H3,(H,24,25)(H2,21,22,23). The van der Waals surface area contributed by atoms with Crippen LogP contribution >= 0.6 is 0 Å². The molecule has 1 aromatic carbocycles. The van der Waals surface area contributed by atoms with Crippen molar-refractivity contribution in [2.75, 3.05) is 19.7 Å². The Balaban J connectivity index is 2.62. The van der Waals surface area contributed by atoms with Gasteiger partial charge < -0.3 is 20.7 Å². The summed E-state index contributed by atoms with van der Waals surface area (Å²) in [4.78, 5) is 16.5. The van der Waals surface area contributed by atoms with Gasteiger partial charge in [0.1, 0.15) is 5.75 Å². The van der Waals surface area contributed by atoms with Crippen LogP contribution in [-0.2, 0) is 11.3 Å².